The zero-order valence-corrected chi connectivity index (χ0v) is 19.1. The molecule has 0 aliphatic carbocycles. The maximum absolute atomic E-state index is 5.80. The smallest absolute Gasteiger partial charge is 0.287 e. The molecule has 0 aromatic heterocycles. The van der Waals surface area contributed by atoms with Gasteiger partial charge in [-0.25, -0.2) is 0 Å². The van der Waals surface area contributed by atoms with Gasteiger partial charge in [0.2, 0.25) is 0 Å². The highest BCUT2D eigenvalue weighted by atomic mass is 16.7. The van der Waals surface area contributed by atoms with E-state index in [1.54, 1.807) is 6.08 Å². The molecular formula is C26H46O2. The van der Waals surface area contributed by atoms with Crippen molar-refractivity contribution in [3.05, 3.63) is 24.2 Å². The molecule has 0 N–H and O–H groups in total. The van der Waals surface area contributed by atoms with Crippen LogP contribution in [0.25, 0.3) is 0 Å². The molecule has 0 aliphatic rings. The van der Waals surface area contributed by atoms with Gasteiger partial charge in [0.15, 0.2) is 0 Å². The molecule has 0 atom stereocenters. The lowest BCUT2D eigenvalue weighted by molar-refractivity contribution is 0.0326. The molecule has 0 unspecified atom stereocenters. The van der Waals surface area contributed by atoms with E-state index in [1.165, 1.54) is 77.0 Å². The lowest BCUT2D eigenvalue weighted by Gasteiger charge is -2.11. The maximum Gasteiger partial charge on any atom is 0.287 e. The summed E-state index contributed by atoms with van der Waals surface area (Å²) in [4.78, 5) is 0. The Morgan fingerprint density at radius 2 is 1.11 bits per heavy atom. The number of hydrogen-bond acceptors (Lipinski definition) is 2. The first kappa shape index (κ1) is 26.6. The van der Waals surface area contributed by atoms with Crippen LogP contribution in [-0.2, 0) is 9.47 Å². The van der Waals surface area contributed by atoms with E-state index in [1.807, 2.05) is 6.08 Å². The zero-order chi connectivity index (χ0) is 20.5. The van der Waals surface area contributed by atoms with E-state index in [2.05, 4.69) is 38.7 Å². The van der Waals surface area contributed by atoms with Gasteiger partial charge in [0, 0.05) is 0 Å². The predicted molar refractivity (Wildman–Crippen MR) is 123 cm³/mol. The molecule has 0 fully saturated rings. The molecule has 0 spiro atoms. The summed E-state index contributed by atoms with van der Waals surface area (Å²) >= 11 is 0. The Morgan fingerprint density at radius 1 is 0.607 bits per heavy atom. The first-order valence-corrected chi connectivity index (χ1v) is 12.0. The number of ether oxygens (including phenoxy) is 2. The fourth-order valence-corrected chi connectivity index (χ4v) is 2.86. The number of rotatable bonds is 19. The van der Waals surface area contributed by atoms with Crippen LogP contribution in [0.2, 0.25) is 0 Å². The van der Waals surface area contributed by atoms with Crippen LogP contribution in [0, 0.1) is 11.8 Å². The Labute approximate surface area is 176 Å². The third kappa shape index (κ3) is 20.9. The van der Waals surface area contributed by atoms with Crippen molar-refractivity contribution in [3.63, 3.8) is 0 Å². The monoisotopic (exact) mass is 390 g/mol. The largest absolute Gasteiger partial charge is 0.465 e. The minimum atomic E-state index is 0.588. The highest BCUT2D eigenvalue weighted by Gasteiger charge is 1.99. The Kier molecular flexibility index (Phi) is 22.5. The molecule has 0 radical (unpaired) electrons. The van der Waals surface area contributed by atoms with Gasteiger partial charge in [-0.05, 0) is 31.8 Å². The molecule has 0 amide bonds. The summed E-state index contributed by atoms with van der Waals surface area (Å²) < 4.78 is 11.6. The summed E-state index contributed by atoms with van der Waals surface area (Å²) in [6, 6.07) is 0. The molecule has 0 saturated heterocycles. The molecule has 0 rings (SSSR count). The van der Waals surface area contributed by atoms with Gasteiger partial charge in [-0.15, -0.1) is 0 Å². The van der Waals surface area contributed by atoms with Crippen LogP contribution in [0.3, 0.4) is 0 Å². The second-order valence-electron chi connectivity index (χ2n) is 7.53. The fraction of sp³-hybridized carbons (Fsp3) is 0.769. The Hall–Kier alpha value is -1.36. The molecular weight excluding hydrogens is 344 g/mol. The van der Waals surface area contributed by atoms with Crippen molar-refractivity contribution in [2.45, 2.75) is 117 Å². The van der Waals surface area contributed by atoms with E-state index in [-0.39, 0.29) is 0 Å². The SMILES string of the molecule is CCCCCCCC/C=C\C#CC=C(OCCCCCC)OCCCCCC. The van der Waals surface area contributed by atoms with Crippen LogP contribution in [0.4, 0.5) is 0 Å². The average Bonchev–Trinajstić information content (AvgIpc) is 2.71. The van der Waals surface area contributed by atoms with Crippen molar-refractivity contribution < 1.29 is 9.47 Å². The van der Waals surface area contributed by atoms with Crippen LogP contribution in [0.5, 0.6) is 0 Å². The van der Waals surface area contributed by atoms with Gasteiger partial charge < -0.3 is 9.47 Å². The van der Waals surface area contributed by atoms with Gasteiger partial charge >= 0.3 is 0 Å². The first-order chi connectivity index (χ1) is 13.8. The quantitative estimate of drug-likeness (QED) is 0.125. The molecule has 2 nitrogen and oxygen atoms in total. The molecule has 28 heavy (non-hydrogen) atoms. The van der Waals surface area contributed by atoms with Crippen molar-refractivity contribution in [1.82, 2.24) is 0 Å². The molecule has 0 aliphatic heterocycles. The number of allylic oxidation sites excluding steroid dienone is 3. The van der Waals surface area contributed by atoms with Gasteiger partial charge in [-0.1, -0.05) is 109 Å². The van der Waals surface area contributed by atoms with Crippen molar-refractivity contribution in [2.24, 2.45) is 0 Å². The molecule has 162 valence electrons. The van der Waals surface area contributed by atoms with Gasteiger partial charge in [-0.2, -0.15) is 0 Å². The van der Waals surface area contributed by atoms with E-state index >= 15 is 0 Å². The maximum atomic E-state index is 5.80. The molecule has 0 aromatic carbocycles. The van der Waals surface area contributed by atoms with Crippen molar-refractivity contribution >= 4 is 0 Å². The topological polar surface area (TPSA) is 18.5 Å². The Balaban J connectivity index is 4.12. The van der Waals surface area contributed by atoms with Crippen molar-refractivity contribution in [3.8, 4) is 11.8 Å². The fourth-order valence-electron chi connectivity index (χ4n) is 2.86. The van der Waals surface area contributed by atoms with Crippen LogP contribution < -0.4 is 0 Å². The minimum absolute atomic E-state index is 0.588. The van der Waals surface area contributed by atoms with Gasteiger partial charge in [-0.3, -0.25) is 0 Å². The molecule has 2 heteroatoms. The lowest BCUT2D eigenvalue weighted by Crippen LogP contribution is -2.01. The van der Waals surface area contributed by atoms with E-state index in [9.17, 15) is 0 Å². The third-order valence-electron chi connectivity index (χ3n) is 4.68. The van der Waals surface area contributed by atoms with E-state index < -0.39 is 0 Å². The molecule has 0 aromatic rings. The predicted octanol–water partition coefficient (Wildman–Crippen LogP) is 8.33. The Morgan fingerprint density at radius 3 is 1.68 bits per heavy atom. The Bertz CT molecular complexity index is 409. The van der Waals surface area contributed by atoms with Gasteiger partial charge in [0.05, 0.1) is 19.3 Å². The van der Waals surface area contributed by atoms with E-state index in [4.69, 9.17) is 9.47 Å². The van der Waals surface area contributed by atoms with Gasteiger partial charge in [0.1, 0.15) is 0 Å². The summed E-state index contributed by atoms with van der Waals surface area (Å²) in [6.45, 7) is 8.14. The summed E-state index contributed by atoms with van der Waals surface area (Å²) in [5.41, 5.74) is 0. The average molecular weight is 391 g/mol. The number of unbranched alkanes of at least 4 members (excludes halogenated alkanes) is 12. The molecule has 0 saturated carbocycles. The normalized spacial score (nSPS) is 10.5. The van der Waals surface area contributed by atoms with Crippen LogP contribution in [0.15, 0.2) is 24.2 Å². The second-order valence-corrected chi connectivity index (χ2v) is 7.53. The van der Waals surface area contributed by atoms with Crippen LogP contribution in [0.1, 0.15) is 117 Å². The van der Waals surface area contributed by atoms with Crippen molar-refractivity contribution in [2.75, 3.05) is 13.2 Å². The molecule has 0 heterocycles. The lowest BCUT2D eigenvalue weighted by atomic mass is 10.1. The highest BCUT2D eigenvalue weighted by molar-refractivity contribution is 5.23. The minimum Gasteiger partial charge on any atom is -0.465 e. The standard InChI is InChI=1S/C26H46O2/c1-4-7-10-13-14-15-16-17-18-19-20-23-26(27-24-21-11-8-5-2)28-25-22-12-9-6-3/h17-18,23H,4-16,21-22,24-25H2,1-3H3/b18-17-. The number of hydrogen-bond donors (Lipinski definition) is 0. The summed E-state index contributed by atoms with van der Waals surface area (Å²) in [6.07, 6.45) is 24.7. The first-order valence-electron chi connectivity index (χ1n) is 12.0. The zero-order valence-electron chi connectivity index (χ0n) is 19.1. The van der Waals surface area contributed by atoms with E-state index in [0.717, 1.165) is 32.5 Å². The van der Waals surface area contributed by atoms with Crippen LogP contribution in [-0.4, -0.2) is 13.2 Å². The summed E-state index contributed by atoms with van der Waals surface area (Å²) in [5.74, 6) is 6.73. The van der Waals surface area contributed by atoms with Crippen molar-refractivity contribution in [1.29, 1.82) is 0 Å². The molecule has 0 bridgehead atoms. The third-order valence-corrected chi connectivity index (χ3v) is 4.68. The van der Waals surface area contributed by atoms with Crippen LogP contribution >= 0.6 is 0 Å². The highest BCUT2D eigenvalue weighted by Crippen LogP contribution is 2.08. The van der Waals surface area contributed by atoms with Gasteiger partial charge in [0.25, 0.3) is 5.95 Å². The summed E-state index contributed by atoms with van der Waals surface area (Å²) in [5, 5.41) is 0. The van der Waals surface area contributed by atoms with E-state index in [0.29, 0.717) is 5.95 Å². The summed E-state index contributed by atoms with van der Waals surface area (Å²) in [7, 11) is 0. The second kappa shape index (κ2) is 23.7.